The second-order valence-corrected chi connectivity index (χ2v) is 6.23. The van der Waals surface area contributed by atoms with Gasteiger partial charge in [0.05, 0.1) is 5.02 Å². The Hall–Kier alpha value is -0.850. The number of rotatable bonds is 4. The maximum Gasteiger partial charge on any atom is 0.446 e. The van der Waals surface area contributed by atoms with Crippen LogP contribution in [-0.4, -0.2) is 5.51 Å². The lowest BCUT2D eigenvalue weighted by Gasteiger charge is -2.08. The number of benzene rings is 1. The number of hydrogen-bond acceptors (Lipinski definition) is 3. The summed E-state index contributed by atoms with van der Waals surface area (Å²) in [5.74, 6) is 0. The molecule has 0 radical (unpaired) electrons. The summed E-state index contributed by atoms with van der Waals surface area (Å²) in [6.45, 7) is 0.600. The van der Waals surface area contributed by atoms with Crippen molar-refractivity contribution < 1.29 is 13.2 Å². The van der Waals surface area contributed by atoms with E-state index < -0.39 is 5.51 Å². The standard InChI is InChI=1S/C12H9ClF3NS2/c13-8-5-11(18-7-8)6-17-9-1-3-10(4-2-9)19-12(14,15)16/h1-5,7,17H,6H2. The van der Waals surface area contributed by atoms with E-state index in [1.807, 2.05) is 11.4 Å². The third-order valence-electron chi connectivity index (χ3n) is 2.18. The van der Waals surface area contributed by atoms with Gasteiger partial charge in [-0.2, -0.15) is 13.2 Å². The Balaban J connectivity index is 1.91. The van der Waals surface area contributed by atoms with Gasteiger partial charge in [-0.1, -0.05) is 11.6 Å². The van der Waals surface area contributed by atoms with Gasteiger partial charge in [0.2, 0.25) is 0 Å². The first-order chi connectivity index (χ1) is 8.92. The molecule has 0 aliphatic heterocycles. The highest BCUT2D eigenvalue weighted by Crippen LogP contribution is 2.37. The van der Waals surface area contributed by atoms with Crippen LogP contribution in [0.1, 0.15) is 4.88 Å². The number of alkyl halides is 3. The number of thiophene rings is 1. The van der Waals surface area contributed by atoms with Crippen LogP contribution in [0.25, 0.3) is 0 Å². The molecular formula is C12H9ClF3NS2. The van der Waals surface area contributed by atoms with E-state index in [4.69, 9.17) is 11.6 Å². The van der Waals surface area contributed by atoms with E-state index in [0.717, 1.165) is 10.6 Å². The topological polar surface area (TPSA) is 12.0 Å². The van der Waals surface area contributed by atoms with Crippen LogP contribution in [0.5, 0.6) is 0 Å². The van der Waals surface area contributed by atoms with Gasteiger partial charge in [-0.05, 0) is 42.1 Å². The van der Waals surface area contributed by atoms with Crippen LogP contribution in [0.2, 0.25) is 5.02 Å². The van der Waals surface area contributed by atoms with Crippen LogP contribution < -0.4 is 5.32 Å². The van der Waals surface area contributed by atoms with Crippen molar-refractivity contribution in [3.63, 3.8) is 0 Å². The van der Waals surface area contributed by atoms with Gasteiger partial charge in [-0.25, -0.2) is 0 Å². The third kappa shape index (κ3) is 4.97. The van der Waals surface area contributed by atoms with Gasteiger partial charge in [0.1, 0.15) is 0 Å². The lowest BCUT2D eigenvalue weighted by molar-refractivity contribution is -0.0328. The Morgan fingerprint density at radius 2 is 1.89 bits per heavy atom. The molecule has 0 fully saturated rings. The zero-order valence-electron chi connectivity index (χ0n) is 9.50. The van der Waals surface area contributed by atoms with Gasteiger partial charge in [-0.15, -0.1) is 11.3 Å². The summed E-state index contributed by atoms with van der Waals surface area (Å²) in [5, 5.41) is 5.65. The molecule has 1 N–H and O–H groups in total. The third-order valence-corrected chi connectivity index (χ3v) is 4.20. The first kappa shape index (κ1) is 14.6. The van der Waals surface area contributed by atoms with Crippen LogP contribution >= 0.6 is 34.7 Å². The minimum atomic E-state index is -4.25. The second-order valence-electron chi connectivity index (χ2n) is 3.66. The molecular weight excluding hydrogens is 315 g/mol. The lowest BCUT2D eigenvalue weighted by atomic mass is 10.3. The van der Waals surface area contributed by atoms with Crippen molar-refractivity contribution in [2.45, 2.75) is 16.9 Å². The van der Waals surface area contributed by atoms with Crippen molar-refractivity contribution in [2.24, 2.45) is 0 Å². The molecule has 0 aliphatic carbocycles. The van der Waals surface area contributed by atoms with E-state index in [1.165, 1.54) is 23.5 Å². The van der Waals surface area contributed by atoms with Gasteiger partial charge in [-0.3, -0.25) is 0 Å². The SMILES string of the molecule is FC(F)(F)Sc1ccc(NCc2cc(Cl)cs2)cc1. The van der Waals surface area contributed by atoms with Crippen LogP contribution in [0.4, 0.5) is 18.9 Å². The molecule has 1 aromatic heterocycles. The summed E-state index contributed by atoms with van der Waals surface area (Å²) in [4.78, 5) is 1.25. The fourth-order valence-corrected chi connectivity index (χ4v) is 2.96. The van der Waals surface area contributed by atoms with E-state index in [1.54, 1.807) is 12.1 Å². The van der Waals surface area contributed by atoms with Crippen LogP contribution in [0.15, 0.2) is 40.6 Å². The van der Waals surface area contributed by atoms with E-state index in [0.29, 0.717) is 11.6 Å². The summed E-state index contributed by atoms with van der Waals surface area (Å²) in [6, 6.07) is 8.00. The Morgan fingerprint density at radius 1 is 1.21 bits per heavy atom. The molecule has 0 aliphatic rings. The van der Waals surface area contributed by atoms with Crippen molar-refractivity contribution in [1.82, 2.24) is 0 Å². The minimum absolute atomic E-state index is 0.116. The molecule has 0 spiro atoms. The highest BCUT2D eigenvalue weighted by Gasteiger charge is 2.28. The predicted molar refractivity (Wildman–Crippen MR) is 75.0 cm³/mol. The molecule has 2 aromatic rings. The Kier molecular flexibility index (Phi) is 4.65. The van der Waals surface area contributed by atoms with Gasteiger partial charge in [0, 0.05) is 27.4 Å². The molecule has 0 saturated heterocycles. The van der Waals surface area contributed by atoms with Crippen LogP contribution in [0.3, 0.4) is 0 Å². The van der Waals surface area contributed by atoms with Crippen molar-refractivity contribution in [3.05, 3.63) is 45.6 Å². The number of anilines is 1. The van der Waals surface area contributed by atoms with Crippen LogP contribution in [-0.2, 0) is 6.54 Å². The molecule has 0 amide bonds. The molecule has 0 atom stereocenters. The lowest BCUT2D eigenvalue weighted by Crippen LogP contribution is -2.00. The number of hydrogen-bond donors (Lipinski definition) is 1. The average molecular weight is 324 g/mol. The van der Waals surface area contributed by atoms with E-state index in [2.05, 4.69) is 5.32 Å². The van der Waals surface area contributed by atoms with Crippen molar-refractivity contribution in [1.29, 1.82) is 0 Å². The Bertz CT molecular complexity index is 537. The fourth-order valence-electron chi connectivity index (χ4n) is 1.41. The van der Waals surface area contributed by atoms with Gasteiger partial charge >= 0.3 is 5.51 Å². The molecule has 1 aromatic carbocycles. The van der Waals surface area contributed by atoms with Gasteiger partial charge in [0.25, 0.3) is 0 Å². The number of halogens is 4. The Labute approximate surface area is 121 Å². The quantitative estimate of drug-likeness (QED) is 0.732. The first-order valence-corrected chi connectivity index (χ1v) is 7.32. The molecule has 0 saturated carbocycles. The zero-order valence-corrected chi connectivity index (χ0v) is 11.9. The van der Waals surface area contributed by atoms with Crippen molar-refractivity contribution >= 4 is 40.4 Å². The van der Waals surface area contributed by atoms with Crippen molar-refractivity contribution in [3.8, 4) is 0 Å². The Morgan fingerprint density at radius 3 is 2.42 bits per heavy atom. The summed E-state index contributed by atoms with van der Waals surface area (Å²) in [5.41, 5.74) is -3.47. The van der Waals surface area contributed by atoms with Gasteiger partial charge in [0.15, 0.2) is 0 Å². The molecule has 1 heterocycles. The molecule has 19 heavy (non-hydrogen) atoms. The summed E-state index contributed by atoms with van der Waals surface area (Å²) in [7, 11) is 0. The minimum Gasteiger partial charge on any atom is -0.380 e. The molecule has 0 unspecified atom stereocenters. The highest BCUT2D eigenvalue weighted by molar-refractivity contribution is 8.00. The monoisotopic (exact) mass is 323 g/mol. The summed E-state index contributed by atoms with van der Waals surface area (Å²) in [6.07, 6.45) is 0. The number of thioether (sulfide) groups is 1. The average Bonchev–Trinajstić information content (AvgIpc) is 2.72. The normalized spacial score (nSPS) is 11.6. The zero-order chi connectivity index (χ0) is 13.9. The summed E-state index contributed by atoms with van der Waals surface area (Å²) >= 11 is 7.21. The van der Waals surface area contributed by atoms with Gasteiger partial charge < -0.3 is 5.32 Å². The number of nitrogens with one attached hydrogen (secondary N) is 1. The van der Waals surface area contributed by atoms with E-state index in [9.17, 15) is 13.2 Å². The second kappa shape index (κ2) is 6.07. The summed E-state index contributed by atoms with van der Waals surface area (Å²) < 4.78 is 36.4. The van der Waals surface area contributed by atoms with Crippen LogP contribution in [0, 0.1) is 0 Å². The molecule has 1 nitrogen and oxygen atoms in total. The molecule has 7 heteroatoms. The predicted octanol–water partition coefficient (Wildman–Crippen LogP) is 5.63. The largest absolute Gasteiger partial charge is 0.446 e. The van der Waals surface area contributed by atoms with Crippen molar-refractivity contribution in [2.75, 3.05) is 5.32 Å². The smallest absolute Gasteiger partial charge is 0.380 e. The molecule has 2 rings (SSSR count). The molecule has 102 valence electrons. The van der Waals surface area contributed by atoms with E-state index >= 15 is 0 Å². The van der Waals surface area contributed by atoms with E-state index in [-0.39, 0.29) is 16.7 Å². The molecule has 0 bridgehead atoms. The fraction of sp³-hybridized carbons (Fsp3) is 0.167. The highest BCUT2D eigenvalue weighted by atomic mass is 35.5. The first-order valence-electron chi connectivity index (χ1n) is 5.25. The maximum absolute atomic E-state index is 12.1. The maximum atomic E-state index is 12.1.